The zero-order valence-electron chi connectivity index (χ0n) is 14.6. The molecule has 0 amide bonds. The molecule has 3 fully saturated rings. The molecule has 0 unspecified atom stereocenters. The Bertz CT molecular complexity index is 320. The first-order valence-electron chi connectivity index (χ1n) is 9.53. The maximum absolute atomic E-state index is 6.27. The smallest absolute Gasteiger partial charge is 0.0809 e. The van der Waals surface area contributed by atoms with Gasteiger partial charge in [-0.25, -0.2) is 0 Å². The molecule has 1 saturated carbocycles. The van der Waals surface area contributed by atoms with Crippen molar-refractivity contribution in [3.63, 3.8) is 0 Å². The molecule has 0 N–H and O–H groups in total. The fraction of sp³-hybridized carbons (Fsp3) is 1.00. The molecule has 0 aromatic heterocycles. The molecule has 128 valence electrons. The quantitative estimate of drug-likeness (QED) is 0.791. The molecule has 0 aromatic rings. The largest absolute Gasteiger partial charge is 0.372 e. The maximum atomic E-state index is 6.27. The zero-order chi connectivity index (χ0) is 15.3. The third-order valence-corrected chi connectivity index (χ3v) is 5.89. The predicted octanol–water partition coefficient (Wildman–Crippen LogP) is 2.05. The van der Waals surface area contributed by atoms with E-state index in [-0.39, 0.29) is 5.60 Å². The molecule has 0 atom stereocenters. The van der Waals surface area contributed by atoms with E-state index in [1.807, 2.05) is 0 Å². The minimum absolute atomic E-state index is 0.211. The van der Waals surface area contributed by atoms with E-state index < -0.39 is 0 Å². The van der Waals surface area contributed by atoms with E-state index in [1.165, 1.54) is 90.8 Å². The molecule has 3 aliphatic rings. The number of rotatable bonds is 4. The van der Waals surface area contributed by atoms with Crippen LogP contribution in [0.4, 0.5) is 0 Å². The van der Waals surface area contributed by atoms with Crippen LogP contribution < -0.4 is 0 Å². The molecule has 4 nitrogen and oxygen atoms in total. The third kappa shape index (κ3) is 4.67. The van der Waals surface area contributed by atoms with Crippen LogP contribution in [0.3, 0.4) is 0 Å². The molecule has 22 heavy (non-hydrogen) atoms. The summed E-state index contributed by atoms with van der Waals surface area (Å²) in [7, 11) is 2.23. The number of hydrogen-bond acceptors (Lipinski definition) is 4. The summed E-state index contributed by atoms with van der Waals surface area (Å²) < 4.78 is 6.27. The van der Waals surface area contributed by atoms with Gasteiger partial charge >= 0.3 is 0 Å². The second kappa shape index (κ2) is 8.09. The SMILES string of the molecule is CN1CCN(CCCN2CCOC3(CCCCCC3)C2)CC1. The molecule has 2 saturated heterocycles. The van der Waals surface area contributed by atoms with Crippen LogP contribution >= 0.6 is 0 Å². The Hall–Kier alpha value is -0.160. The summed E-state index contributed by atoms with van der Waals surface area (Å²) in [6, 6.07) is 0. The van der Waals surface area contributed by atoms with Gasteiger partial charge in [-0.3, -0.25) is 4.90 Å². The van der Waals surface area contributed by atoms with Gasteiger partial charge in [0.05, 0.1) is 12.2 Å². The summed E-state index contributed by atoms with van der Waals surface area (Å²) in [4.78, 5) is 7.76. The summed E-state index contributed by atoms with van der Waals surface area (Å²) in [5, 5.41) is 0. The number of likely N-dealkylation sites (N-methyl/N-ethyl adjacent to an activating group) is 1. The number of nitrogens with zero attached hydrogens (tertiary/aromatic N) is 3. The van der Waals surface area contributed by atoms with Gasteiger partial charge in [-0.15, -0.1) is 0 Å². The van der Waals surface area contributed by atoms with Gasteiger partial charge in [0, 0.05) is 39.3 Å². The van der Waals surface area contributed by atoms with Crippen molar-refractivity contribution in [2.45, 2.75) is 50.5 Å². The molecule has 0 radical (unpaired) electrons. The van der Waals surface area contributed by atoms with Gasteiger partial charge < -0.3 is 14.5 Å². The van der Waals surface area contributed by atoms with Gasteiger partial charge in [0.25, 0.3) is 0 Å². The monoisotopic (exact) mass is 309 g/mol. The molecule has 0 aromatic carbocycles. The van der Waals surface area contributed by atoms with Crippen LogP contribution in [0.25, 0.3) is 0 Å². The Labute approximate surface area is 136 Å². The number of morpholine rings is 1. The lowest BCUT2D eigenvalue weighted by atomic mass is 9.92. The van der Waals surface area contributed by atoms with E-state index in [0.717, 1.165) is 13.2 Å². The van der Waals surface area contributed by atoms with Gasteiger partial charge in [0.1, 0.15) is 0 Å². The van der Waals surface area contributed by atoms with E-state index in [9.17, 15) is 0 Å². The highest BCUT2D eigenvalue weighted by Gasteiger charge is 2.36. The first-order chi connectivity index (χ1) is 10.8. The minimum Gasteiger partial charge on any atom is -0.372 e. The standard InChI is InChI=1S/C18H35N3O/c1-19-11-13-20(14-12-19)9-6-10-21-15-16-22-18(17-21)7-4-2-3-5-8-18/h2-17H2,1H3. The first kappa shape index (κ1) is 16.7. The first-order valence-corrected chi connectivity index (χ1v) is 9.53. The van der Waals surface area contributed by atoms with Crippen molar-refractivity contribution in [2.24, 2.45) is 0 Å². The maximum Gasteiger partial charge on any atom is 0.0809 e. The zero-order valence-corrected chi connectivity index (χ0v) is 14.6. The fourth-order valence-corrected chi connectivity index (χ4v) is 4.38. The molecular weight excluding hydrogens is 274 g/mol. The van der Waals surface area contributed by atoms with Crippen molar-refractivity contribution < 1.29 is 4.74 Å². The second-order valence-corrected chi connectivity index (χ2v) is 7.72. The van der Waals surface area contributed by atoms with Crippen molar-refractivity contribution in [2.75, 3.05) is 66.0 Å². The van der Waals surface area contributed by atoms with Crippen LogP contribution in [0.5, 0.6) is 0 Å². The lowest BCUT2D eigenvalue weighted by molar-refractivity contribution is -0.117. The van der Waals surface area contributed by atoms with E-state index >= 15 is 0 Å². The van der Waals surface area contributed by atoms with Crippen LogP contribution in [-0.4, -0.2) is 86.3 Å². The van der Waals surface area contributed by atoms with Crippen molar-refractivity contribution in [3.8, 4) is 0 Å². The molecule has 2 heterocycles. The minimum atomic E-state index is 0.211. The highest BCUT2D eigenvalue weighted by Crippen LogP contribution is 2.33. The average Bonchev–Trinajstić information content (AvgIpc) is 2.75. The Kier molecular flexibility index (Phi) is 6.14. The average molecular weight is 309 g/mol. The van der Waals surface area contributed by atoms with E-state index in [2.05, 4.69) is 21.7 Å². The summed E-state index contributed by atoms with van der Waals surface area (Å²) in [6.07, 6.45) is 9.47. The third-order valence-electron chi connectivity index (χ3n) is 5.89. The van der Waals surface area contributed by atoms with Gasteiger partial charge in [0.2, 0.25) is 0 Å². The topological polar surface area (TPSA) is 19.0 Å². The molecule has 1 spiro atoms. The lowest BCUT2D eigenvalue weighted by Crippen LogP contribution is -2.52. The number of ether oxygens (including phenoxy) is 1. The van der Waals surface area contributed by atoms with E-state index in [4.69, 9.17) is 4.74 Å². The van der Waals surface area contributed by atoms with Gasteiger partial charge in [0.15, 0.2) is 0 Å². The predicted molar refractivity (Wildman–Crippen MR) is 91.4 cm³/mol. The molecule has 4 heteroatoms. The Morgan fingerprint density at radius 1 is 0.818 bits per heavy atom. The molecular formula is C18H35N3O. The molecule has 1 aliphatic carbocycles. The van der Waals surface area contributed by atoms with Gasteiger partial charge in [-0.2, -0.15) is 0 Å². The van der Waals surface area contributed by atoms with E-state index in [0.29, 0.717) is 0 Å². The second-order valence-electron chi connectivity index (χ2n) is 7.72. The summed E-state index contributed by atoms with van der Waals surface area (Å²) in [6.45, 7) is 10.8. The molecule has 3 rings (SSSR count). The van der Waals surface area contributed by atoms with Crippen molar-refractivity contribution in [1.29, 1.82) is 0 Å². The Morgan fingerprint density at radius 3 is 2.23 bits per heavy atom. The highest BCUT2D eigenvalue weighted by atomic mass is 16.5. The number of piperazine rings is 1. The summed E-state index contributed by atoms with van der Waals surface area (Å²) in [5.74, 6) is 0. The van der Waals surface area contributed by atoms with Crippen molar-refractivity contribution in [3.05, 3.63) is 0 Å². The Morgan fingerprint density at radius 2 is 1.50 bits per heavy atom. The summed E-state index contributed by atoms with van der Waals surface area (Å²) in [5.41, 5.74) is 0.211. The normalized spacial score (nSPS) is 28.8. The number of hydrogen-bond donors (Lipinski definition) is 0. The summed E-state index contributed by atoms with van der Waals surface area (Å²) >= 11 is 0. The Balaban J connectivity index is 1.39. The van der Waals surface area contributed by atoms with Crippen LogP contribution in [0.2, 0.25) is 0 Å². The van der Waals surface area contributed by atoms with Gasteiger partial charge in [-0.1, -0.05) is 25.7 Å². The lowest BCUT2D eigenvalue weighted by Gasteiger charge is -2.43. The molecule has 0 bridgehead atoms. The van der Waals surface area contributed by atoms with Crippen LogP contribution in [0.15, 0.2) is 0 Å². The van der Waals surface area contributed by atoms with Gasteiger partial charge in [-0.05, 0) is 39.4 Å². The molecule has 2 aliphatic heterocycles. The van der Waals surface area contributed by atoms with Crippen LogP contribution in [0, 0.1) is 0 Å². The van der Waals surface area contributed by atoms with Crippen molar-refractivity contribution >= 4 is 0 Å². The van der Waals surface area contributed by atoms with Crippen LogP contribution in [0.1, 0.15) is 44.9 Å². The van der Waals surface area contributed by atoms with Crippen molar-refractivity contribution in [1.82, 2.24) is 14.7 Å². The van der Waals surface area contributed by atoms with E-state index in [1.54, 1.807) is 0 Å². The fourth-order valence-electron chi connectivity index (χ4n) is 4.38. The highest BCUT2D eigenvalue weighted by molar-refractivity contribution is 4.89. The van der Waals surface area contributed by atoms with Crippen LogP contribution in [-0.2, 0) is 4.74 Å².